The van der Waals surface area contributed by atoms with Crippen LogP contribution < -0.4 is 5.32 Å². The second-order valence-corrected chi connectivity index (χ2v) is 4.64. The third kappa shape index (κ3) is 2.67. The van der Waals surface area contributed by atoms with Crippen LogP contribution in [0.25, 0.3) is 0 Å². The number of anilines is 1. The van der Waals surface area contributed by atoms with Crippen molar-refractivity contribution >= 4 is 40.2 Å². The SMILES string of the molecule is O=C(Nc1ccc(I)cc1)c1nc[nH]c1C(=O)O. The molecule has 0 aliphatic carbocycles. The first-order valence-corrected chi connectivity index (χ1v) is 5.99. The maximum Gasteiger partial charge on any atom is 0.354 e. The van der Waals surface area contributed by atoms with Crippen LogP contribution in [0.1, 0.15) is 21.0 Å². The van der Waals surface area contributed by atoms with Gasteiger partial charge in [-0.15, -0.1) is 0 Å². The van der Waals surface area contributed by atoms with E-state index < -0.39 is 11.9 Å². The van der Waals surface area contributed by atoms with Crippen molar-refractivity contribution in [3.8, 4) is 0 Å². The number of rotatable bonds is 3. The molecule has 0 fully saturated rings. The van der Waals surface area contributed by atoms with Crippen molar-refractivity contribution in [3.05, 3.63) is 45.6 Å². The third-order valence-corrected chi connectivity index (χ3v) is 2.89. The molecule has 0 spiro atoms. The second-order valence-electron chi connectivity index (χ2n) is 3.39. The number of carbonyl (C=O) groups is 2. The number of nitrogens with one attached hydrogen (secondary N) is 2. The standard InChI is InChI=1S/C11H8IN3O3/c12-6-1-3-7(4-2-6)15-10(16)8-9(11(17)18)14-5-13-8/h1-5H,(H,13,14)(H,15,16)(H,17,18). The van der Waals surface area contributed by atoms with Gasteiger partial charge in [-0.2, -0.15) is 0 Å². The highest BCUT2D eigenvalue weighted by Crippen LogP contribution is 2.13. The Labute approximate surface area is 116 Å². The van der Waals surface area contributed by atoms with Gasteiger partial charge in [-0.25, -0.2) is 9.78 Å². The number of H-pyrrole nitrogens is 1. The summed E-state index contributed by atoms with van der Waals surface area (Å²) in [6, 6.07) is 7.12. The van der Waals surface area contributed by atoms with Crippen molar-refractivity contribution in [1.82, 2.24) is 9.97 Å². The molecule has 1 heterocycles. The summed E-state index contributed by atoms with van der Waals surface area (Å²) in [4.78, 5) is 28.8. The maximum atomic E-state index is 11.8. The van der Waals surface area contributed by atoms with Crippen LogP contribution in [0.2, 0.25) is 0 Å². The van der Waals surface area contributed by atoms with Crippen LogP contribution in [-0.2, 0) is 0 Å². The minimum atomic E-state index is -1.22. The Morgan fingerprint density at radius 1 is 1.28 bits per heavy atom. The van der Waals surface area contributed by atoms with Gasteiger partial charge >= 0.3 is 5.97 Å². The highest BCUT2D eigenvalue weighted by Gasteiger charge is 2.19. The Morgan fingerprint density at radius 3 is 2.56 bits per heavy atom. The molecule has 0 aliphatic heterocycles. The predicted molar refractivity (Wildman–Crippen MR) is 72.7 cm³/mol. The summed E-state index contributed by atoms with van der Waals surface area (Å²) in [5, 5.41) is 11.4. The lowest BCUT2D eigenvalue weighted by Gasteiger charge is -2.03. The van der Waals surface area contributed by atoms with Crippen LogP contribution >= 0.6 is 22.6 Å². The molecule has 1 amide bonds. The highest BCUT2D eigenvalue weighted by molar-refractivity contribution is 14.1. The summed E-state index contributed by atoms with van der Waals surface area (Å²) in [6.07, 6.45) is 1.17. The van der Waals surface area contributed by atoms with Crippen LogP contribution in [0.4, 0.5) is 5.69 Å². The van der Waals surface area contributed by atoms with Gasteiger partial charge in [-0.05, 0) is 46.9 Å². The number of nitrogens with zero attached hydrogens (tertiary/aromatic N) is 1. The molecule has 2 rings (SSSR count). The first-order chi connectivity index (χ1) is 8.58. The molecule has 0 atom stereocenters. The molecular formula is C11H8IN3O3. The highest BCUT2D eigenvalue weighted by atomic mass is 127. The van der Waals surface area contributed by atoms with Gasteiger partial charge in [0.2, 0.25) is 0 Å². The molecule has 92 valence electrons. The monoisotopic (exact) mass is 357 g/mol. The molecule has 1 aromatic carbocycles. The van der Waals surface area contributed by atoms with Crippen molar-refractivity contribution in [2.24, 2.45) is 0 Å². The van der Waals surface area contributed by atoms with Crippen LogP contribution in [0.5, 0.6) is 0 Å². The minimum absolute atomic E-state index is 0.138. The van der Waals surface area contributed by atoms with E-state index in [2.05, 4.69) is 37.9 Å². The van der Waals surface area contributed by atoms with E-state index in [4.69, 9.17) is 5.11 Å². The Bertz CT molecular complexity index is 592. The van der Waals surface area contributed by atoms with E-state index >= 15 is 0 Å². The van der Waals surface area contributed by atoms with Crippen LogP contribution in [0.3, 0.4) is 0 Å². The fraction of sp³-hybridized carbons (Fsp3) is 0. The predicted octanol–water partition coefficient (Wildman–Crippen LogP) is 1.96. The number of carboxylic acids is 1. The average molecular weight is 357 g/mol. The van der Waals surface area contributed by atoms with E-state index in [9.17, 15) is 9.59 Å². The van der Waals surface area contributed by atoms with E-state index in [1.54, 1.807) is 12.1 Å². The number of halogens is 1. The zero-order valence-electron chi connectivity index (χ0n) is 8.98. The number of carboxylic acid groups (broad SMARTS) is 1. The summed E-state index contributed by atoms with van der Waals surface area (Å²) < 4.78 is 1.04. The van der Waals surface area contributed by atoms with Gasteiger partial charge in [-0.1, -0.05) is 0 Å². The van der Waals surface area contributed by atoms with Crippen molar-refractivity contribution < 1.29 is 14.7 Å². The largest absolute Gasteiger partial charge is 0.477 e. The lowest BCUT2D eigenvalue weighted by molar-refractivity contribution is 0.0686. The molecule has 6 nitrogen and oxygen atoms in total. The van der Waals surface area contributed by atoms with E-state index in [1.165, 1.54) is 6.33 Å². The summed E-state index contributed by atoms with van der Waals surface area (Å²) in [5.74, 6) is -1.78. The van der Waals surface area contributed by atoms with Crippen LogP contribution in [0, 0.1) is 3.57 Å². The van der Waals surface area contributed by atoms with Crippen molar-refractivity contribution in [1.29, 1.82) is 0 Å². The number of imidazole rings is 1. The topological polar surface area (TPSA) is 95.1 Å². The van der Waals surface area contributed by atoms with E-state index in [-0.39, 0.29) is 11.4 Å². The zero-order chi connectivity index (χ0) is 13.1. The Balaban J connectivity index is 2.19. The van der Waals surface area contributed by atoms with Crippen molar-refractivity contribution in [2.75, 3.05) is 5.32 Å². The number of carbonyl (C=O) groups excluding carboxylic acids is 1. The van der Waals surface area contributed by atoms with Gasteiger partial charge in [0.15, 0.2) is 11.4 Å². The van der Waals surface area contributed by atoms with Crippen LogP contribution in [-0.4, -0.2) is 27.0 Å². The number of hydrogen-bond acceptors (Lipinski definition) is 3. The van der Waals surface area contributed by atoms with Crippen molar-refractivity contribution in [2.45, 2.75) is 0 Å². The zero-order valence-corrected chi connectivity index (χ0v) is 11.1. The average Bonchev–Trinajstić information content (AvgIpc) is 2.81. The maximum absolute atomic E-state index is 11.8. The number of benzene rings is 1. The molecule has 0 saturated heterocycles. The molecule has 7 heteroatoms. The molecule has 0 bridgehead atoms. The molecule has 2 aromatic rings. The van der Waals surface area contributed by atoms with E-state index in [1.807, 2.05) is 12.1 Å². The molecule has 0 unspecified atom stereocenters. The number of aromatic carboxylic acids is 1. The quantitative estimate of drug-likeness (QED) is 0.732. The van der Waals surface area contributed by atoms with Gasteiger partial charge in [0.05, 0.1) is 6.33 Å². The third-order valence-electron chi connectivity index (χ3n) is 2.17. The van der Waals surface area contributed by atoms with Gasteiger partial charge in [0.25, 0.3) is 5.91 Å². The molecule has 3 N–H and O–H groups in total. The van der Waals surface area contributed by atoms with Gasteiger partial charge in [0, 0.05) is 9.26 Å². The minimum Gasteiger partial charge on any atom is -0.477 e. The summed E-state index contributed by atoms with van der Waals surface area (Å²) in [7, 11) is 0. The number of amides is 1. The molecule has 1 aromatic heterocycles. The second kappa shape index (κ2) is 5.17. The first kappa shape index (κ1) is 12.6. The Morgan fingerprint density at radius 2 is 1.94 bits per heavy atom. The summed E-state index contributed by atoms with van der Waals surface area (Å²) in [5.41, 5.74) is 0.221. The number of aromatic nitrogens is 2. The van der Waals surface area contributed by atoms with Gasteiger partial charge < -0.3 is 15.4 Å². The van der Waals surface area contributed by atoms with Crippen LogP contribution in [0.15, 0.2) is 30.6 Å². The first-order valence-electron chi connectivity index (χ1n) is 4.91. The van der Waals surface area contributed by atoms with Crippen molar-refractivity contribution in [3.63, 3.8) is 0 Å². The fourth-order valence-electron chi connectivity index (χ4n) is 1.35. The summed E-state index contributed by atoms with van der Waals surface area (Å²) in [6.45, 7) is 0. The lowest BCUT2D eigenvalue weighted by Crippen LogP contribution is -2.16. The lowest BCUT2D eigenvalue weighted by atomic mass is 10.2. The number of aromatic amines is 1. The Hall–Kier alpha value is -1.90. The van der Waals surface area contributed by atoms with E-state index in [0.717, 1.165) is 3.57 Å². The molecule has 18 heavy (non-hydrogen) atoms. The normalized spacial score (nSPS) is 10.1. The van der Waals surface area contributed by atoms with E-state index in [0.29, 0.717) is 5.69 Å². The summed E-state index contributed by atoms with van der Waals surface area (Å²) >= 11 is 2.15. The number of hydrogen-bond donors (Lipinski definition) is 3. The molecular weight excluding hydrogens is 349 g/mol. The van der Waals surface area contributed by atoms with Gasteiger partial charge in [-0.3, -0.25) is 4.79 Å². The smallest absolute Gasteiger partial charge is 0.354 e. The molecule has 0 radical (unpaired) electrons. The molecule has 0 aliphatic rings. The Kier molecular flexibility index (Phi) is 3.60. The van der Waals surface area contributed by atoms with Gasteiger partial charge in [0.1, 0.15) is 0 Å². The fourth-order valence-corrected chi connectivity index (χ4v) is 1.71. The molecule has 0 saturated carbocycles.